The van der Waals surface area contributed by atoms with Gasteiger partial charge in [-0.25, -0.2) is 0 Å². The summed E-state index contributed by atoms with van der Waals surface area (Å²) in [6, 6.07) is 5.16. The Balaban J connectivity index is 2.08. The molecule has 0 saturated carbocycles. The van der Waals surface area contributed by atoms with Crippen molar-refractivity contribution >= 4 is 74.3 Å². The lowest BCUT2D eigenvalue weighted by Crippen LogP contribution is -2.41. The van der Waals surface area contributed by atoms with Crippen LogP contribution in [-0.2, 0) is 0 Å². The number of carbonyl (C=O) groups is 1. The molecule has 1 amide bonds. The Morgan fingerprint density at radius 3 is 2.52 bits per heavy atom. The SMILES string of the molecule is O=C(N[C@@H](SC1=NCCS1)C(Cl)(Cl)Cl)c1ccc([N+](=O)[O-])cc1. The van der Waals surface area contributed by atoms with Crippen LogP contribution in [0, 0.1) is 10.1 Å². The fourth-order valence-corrected chi connectivity index (χ4v) is 4.18. The lowest BCUT2D eigenvalue weighted by atomic mass is 10.2. The quantitative estimate of drug-likeness (QED) is 0.350. The Morgan fingerprint density at radius 2 is 2.04 bits per heavy atom. The number of amides is 1. The van der Waals surface area contributed by atoms with E-state index in [9.17, 15) is 14.9 Å². The molecule has 1 aliphatic rings. The summed E-state index contributed by atoms with van der Waals surface area (Å²) in [5.74, 6) is 0.359. The summed E-state index contributed by atoms with van der Waals surface area (Å²) in [4.78, 5) is 26.6. The summed E-state index contributed by atoms with van der Waals surface area (Å²) in [5.41, 5.74) is 0.127. The fourth-order valence-electron chi connectivity index (χ4n) is 1.60. The topological polar surface area (TPSA) is 84.6 Å². The zero-order valence-electron chi connectivity index (χ0n) is 11.4. The highest BCUT2D eigenvalue weighted by molar-refractivity contribution is 8.39. The third-order valence-electron chi connectivity index (χ3n) is 2.68. The lowest BCUT2D eigenvalue weighted by Gasteiger charge is -2.24. The van der Waals surface area contributed by atoms with E-state index in [1.165, 1.54) is 47.8 Å². The van der Waals surface area contributed by atoms with Crippen molar-refractivity contribution in [2.24, 2.45) is 4.99 Å². The number of hydrogen-bond donors (Lipinski definition) is 1. The number of nitrogens with zero attached hydrogens (tertiary/aromatic N) is 2. The molecule has 124 valence electrons. The van der Waals surface area contributed by atoms with Crippen LogP contribution in [0.1, 0.15) is 10.4 Å². The number of halogens is 3. The summed E-state index contributed by atoms with van der Waals surface area (Å²) in [6.45, 7) is 0.690. The molecular weight excluding hydrogens is 405 g/mol. The second kappa shape index (κ2) is 7.94. The molecule has 1 aromatic rings. The number of carbonyl (C=O) groups excluding carboxylic acids is 1. The second-order valence-corrected chi connectivity index (χ2v) is 9.12. The molecule has 11 heteroatoms. The van der Waals surface area contributed by atoms with Gasteiger partial charge in [-0.1, -0.05) is 58.3 Å². The number of rotatable bonds is 4. The predicted octanol–water partition coefficient (Wildman–Crippen LogP) is 3.86. The third-order valence-corrected chi connectivity index (χ3v) is 6.16. The second-order valence-electron chi connectivity index (χ2n) is 4.31. The van der Waals surface area contributed by atoms with E-state index in [2.05, 4.69) is 10.3 Å². The van der Waals surface area contributed by atoms with Crippen LogP contribution in [0.4, 0.5) is 5.69 Å². The molecule has 1 N–H and O–H groups in total. The van der Waals surface area contributed by atoms with Crippen LogP contribution in [0.25, 0.3) is 0 Å². The number of nitro groups is 1. The van der Waals surface area contributed by atoms with Crippen molar-refractivity contribution in [2.75, 3.05) is 12.3 Å². The summed E-state index contributed by atoms with van der Waals surface area (Å²) in [5, 5.41) is 12.4. The largest absolute Gasteiger partial charge is 0.336 e. The molecule has 23 heavy (non-hydrogen) atoms. The van der Waals surface area contributed by atoms with Crippen molar-refractivity contribution in [1.82, 2.24) is 5.32 Å². The predicted molar refractivity (Wildman–Crippen MR) is 97.0 cm³/mol. The van der Waals surface area contributed by atoms with Crippen molar-refractivity contribution in [3.05, 3.63) is 39.9 Å². The summed E-state index contributed by atoms with van der Waals surface area (Å²) >= 11 is 20.4. The highest BCUT2D eigenvalue weighted by Crippen LogP contribution is 2.39. The summed E-state index contributed by atoms with van der Waals surface area (Å²) < 4.78 is -0.988. The van der Waals surface area contributed by atoms with Crippen molar-refractivity contribution < 1.29 is 9.72 Å². The molecule has 0 aromatic heterocycles. The van der Waals surface area contributed by atoms with Gasteiger partial charge in [-0.15, -0.1) is 0 Å². The molecule has 0 bridgehead atoms. The Bertz CT molecular complexity index is 635. The molecule has 0 spiro atoms. The van der Waals surface area contributed by atoms with Crippen LogP contribution in [0.15, 0.2) is 29.3 Å². The van der Waals surface area contributed by atoms with E-state index in [0.717, 1.165) is 10.1 Å². The standard InChI is InChI=1S/C12H10Cl3N3O3S2/c13-12(14,15)10(23-11-16-5-6-22-11)17-9(19)7-1-3-8(4-2-7)18(20)21/h1-4,10H,5-6H2,(H,17,19)/t10-/m0/s1. The summed E-state index contributed by atoms with van der Waals surface area (Å²) in [6.07, 6.45) is 0. The van der Waals surface area contributed by atoms with Crippen LogP contribution < -0.4 is 5.32 Å². The Hall–Kier alpha value is -0.670. The van der Waals surface area contributed by atoms with Crippen LogP contribution in [0.2, 0.25) is 0 Å². The third kappa shape index (κ3) is 5.42. The molecule has 0 aliphatic carbocycles. The van der Waals surface area contributed by atoms with Crippen LogP contribution in [-0.4, -0.2) is 36.7 Å². The van der Waals surface area contributed by atoms with Gasteiger partial charge in [0.2, 0.25) is 3.79 Å². The Labute approximate surface area is 155 Å². The number of thioether (sulfide) groups is 2. The minimum atomic E-state index is -1.73. The number of alkyl halides is 3. The first-order chi connectivity index (χ1) is 10.8. The molecule has 1 atom stereocenters. The average Bonchev–Trinajstić information content (AvgIpc) is 2.98. The first-order valence-corrected chi connectivity index (χ1v) is 9.23. The molecule has 1 heterocycles. The number of hydrogen-bond acceptors (Lipinski definition) is 6. The van der Waals surface area contributed by atoms with Gasteiger partial charge in [0.25, 0.3) is 11.6 Å². The van der Waals surface area contributed by atoms with Gasteiger partial charge >= 0.3 is 0 Å². The highest BCUT2D eigenvalue weighted by Gasteiger charge is 2.36. The van der Waals surface area contributed by atoms with Crippen molar-refractivity contribution in [3.8, 4) is 0 Å². The van der Waals surface area contributed by atoms with Gasteiger partial charge < -0.3 is 5.32 Å². The fraction of sp³-hybridized carbons (Fsp3) is 0.333. The molecular formula is C12H10Cl3N3O3S2. The van der Waals surface area contributed by atoms with Gasteiger partial charge in [-0.2, -0.15) is 0 Å². The zero-order chi connectivity index (χ0) is 17.0. The van der Waals surface area contributed by atoms with E-state index in [0.29, 0.717) is 6.54 Å². The van der Waals surface area contributed by atoms with E-state index >= 15 is 0 Å². The molecule has 6 nitrogen and oxygen atoms in total. The normalized spacial score (nSPS) is 15.9. The molecule has 0 fully saturated rings. The zero-order valence-corrected chi connectivity index (χ0v) is 15.3. The summed E-state index contributed by atoms with van der Waals surface area (Å²) in [7, 11) is 0. The molecule has 1 aromatic carbocycles. The number of nitrogens with one attached hydrogen (secondary N) is 1. The van der Waals surface area contributed by atoms with E-state index in [1.807, 2.05) is 0 Å². The van der Waals surface area contributed by atoms with Gasteiger partial charge in [0.15, 0.2) is 0 Å². The number of aliphatic imine (C=N–C) groups is 1. The van der Waals surface area contributed by atoms with E-state index in [4.69, 9.17) is 34.8 Å². The lowest BCUT2D eigenvalue weighted by molar-refractivity contribution is -0.384. The maximum absolute atomic E-state index is 12.2. The molecule has 0 saturated heterocycles. The molecule has 1 aliphatic heterocycles. The van der Waals surface area contributed by atoms with Crippen molar-refractivity contribution in [2.45, 2.75) is 9.17 Å². The van der Waals surface area contributed by atoms with Gasteiger partial charge in [0, 0.05) is 23.4 Å². The molecule has 0 radical (unpaired) electrons. The van der Waals surface area contributed by atoms with Gasteiger partial charge in [0.1, 0.15) is 9.75 Å². The average molecular weight is 415 g/mol. The minimum absolute atomic E-state index is 0.106. The number of non-ortho nitro benzene ring substituents is 1. The maximum Gasteiger partial charge on any atom is 0.269 e. The van der Waals surface area contributed by atoms with Gasteiger partial charge in [-0.3, -0.25) is 19.9 Å². The Kier molecular flexibility index (Phi) is 6.44. The minimum Gasteiger partial charge on any atom is -0.336 e. The van der Waals surface area contributed by atoms with E-state index in [-0.39, 0.29) is 11.3 Å². The highest BCUT2D eigenvalue weighted by atomic mass is 35.6. The maximum atomic E-state index is 12.2. The van der Waals surface area contributed by atoms with Crippen LogP contribution in [0.5, 0.6) is 0 Å². The number of benzene rings is 1. The molecule has 2 rings (SSSR count). The smallest absolute Gasteiger partial charge is 0.269 e. The van der Waals surface area contributed by atoms with E-state index < -0.39 is 20.0 Å². The van der Waals surface area contributed by atoms with Gasteiger partial charge in [-0.05, 0) is 12.1 Å². The first kappa shape index (κ1) is 18.7. The monoisotopic (exact) mass is 413 g/mol. The van der Waals surface area contributed by atoms with Crippen molar-refractivity contribution in [1.29, 1.82) is 0 Å². The molecule has 0 unspecified atom stereocenters. The van der Waals surface area contributed by atoms with Crippen molar-refractivity contribution in [3.63, 3.8) is 0 Å². The van der Waals surface area contributed by atoms with Crippen LogP contribution >= 0.6 is 58.3 Å². The number of nitro benzene ring substituents is 1. The first-order valence-electron chi connectivity index (χ1n) is 6.23. The van der Waals surface area contributed by atoms with Crippen LogP contribution in [0.3, 0.4) is 0 Å². The van der Waals surface area contributed by atoms with E-state index in [1.54, 1.807) is 0 Å². The van der Waals surface area contributed by atoms with Gasteiger partial charge in [0.05, 0.1) is 11.5 Å². The Morgan fingerprint density at radius 1 is 1.39 bits per heavy atom.